The summed E-state index contributed by atoms with van der Waals surface area (Å²) < 4.78 is 1.99. The molecule has 112 valence electrons. The van der Waals surface area contributed by atoms with E-state index in [1.165, 1.54) is 29.4 Å². The molecule has 1 unspecified atom stereocenters. The molecule has 0 saturated carbocycles. The highest BCUT2D eigenvalue weighted by Gasteiger charge is 2.15. The number of piperidine rings is 1. The lowest BCUT2D eigenvalue weighted by atomic mass is 9.92. The summed E-state index contributed by atoms with van der Waals surface area (Å²) in [6.45, 7) is 4.37. The van der Waals surface area contributed by atoms with Crippen molar-refractivity contribution in [1.82, 2.24) is 15.1 Å². The molecule has 0 amide bonds. The van der Waals surface area contributed by atoms with Crippen LogP contribution in [0.5, 0.6) is 0 Å². The molecule has 1 aliphatic heterocycles. The van der Waals surface area contributed by atoms with Gasteiger partial charge in [0.2, 0.25) is 0 Å². The first-order chi connectivity index (χ1) is 10.8. The average Bonchev–Trinajstić information content (AvgIpc) is 3.02. The van der Waals surface area contributed by atoms with Crippen LogP contribution in [0.1, 0.15) is 29.9 Å². The zero-order valence-corrected chi connectivity index (χ0v) is 12.9. The minimum atomic E-state index is 0.654. The van der Waals surface area contributed by atoms with Gasteiger partial charge < -0.3 is 5.32 Å². The molecule has 1 atom stereocenters. The van der Waals surface area contributed by atoms with Crippen LogP contribution >= 0.6 is 0 Å². The number of nitrogens with one attached hydrogen (secondary N) is 1. The van der Waals surface area contributed by atoms with Gasteiger partial charge in [-0.05, 0) is 55.5 Å². The van der Waals surface area contributed by atoms with Crippen LogP contribution in [-0.2, 0) is 0 Å². The van der Waals surface area contributed by atoms with Crippen LogP contribution in [0.25, 0.3) is 16.6 Å². The van der Waals surface area contributed by atoms with E-state index >= 15 is 0 Å². The Bertz CT molecular complexity index is 780. The van der Waals surface area contributed by atoms with E-state index < -0.39 is 0 Å². The maximum absolute atomic E-state index is 4.73. The molecule has 22 heavy (non-hydrogen) atoms. The lowest BCUT2D eigenvalue weighted by Gasteiger charge is -2.23. The summed E-state index contributed by atoms with van der Waals surface area (Å²) in [6, 6.07) is 15.2. The fraction of sp³-hybridized carbons (Fsp3) is 0.316. The third-order valence-corrected chi connectivity index (χ3v) is 4.66. The number of rotatable bonds is 2. The molecular weight excluding hydrogens is 270 g/mol. The molecule has 2 heterocycles. The van der Waals surface area contributed by atoms with Crippen LogP contribution in [0.2, 0.25) is 0 Å². The molecule has 3 aromatic rings. The van der Waals surface area contributed by atoms with Crippen molar-refractivity contribution in [2.24, 2.45) is 0 Å². The van der Waals surface area contributed by atoms with Crippen LogP contribution in [0, 0.1) is 6.92 Å². The molecule has 0 aliphatic carbocycles. The van der Waals surface area contributed by atoms with Gasteiger partial charge in [0, 0.05) is 18.1 Å². The predicted molar refractivity (Wildman–Crippen MR) is 90.7 cm³/mol. The van der Waals surface area contributed by atoms with Crippen molar-refractivity contribution in [3.8, 4) is 5.69 Å². The van der Waals surface area contributed by atoms with Gasteiger partial charge in [-0.1, -0.05) is 30.3 Å². The monoisotopic (exact) mass is 291 g/mol. The maximum Gasteiger partial charge on any atom is 0.0956 e. The summed E-state index contributed by atoms with van der Waals surface area (Å²) in [7, 11) is 0. The summed E-state index contributed by atoms with van der Waals surface area (Å²) in [5.74, 6) is 0.654. The van der Waals surface area contributed by atoms with Gasteiger partial charge in [-0.3, -0.25) is 0 Å². The van der Waals surface area contributed by atoms with Crippen LogP contribution in [0.3, 0.4) is 0 Å². The van der Waals surface area contributed by atoms with E-state index in [9.17, 15) is 0 Å². The molecule has 0 radical (unpaired) electrons. The summed E-state index contributed by atoms with van der Waals surface area (Å²) >= 11 is 0. The van der Waals surface area contributed by atoms with Crippen molar-refractivity contribution in [2.45, 2.75) is 25.7 Å². The Labute approximate surface area is 131 Å². The van der Waals surface area contributed by atoms with Crippen molar-refractivity contribution < 1.29 is 0 Å². The Morgan fingerprint density at radius 1 is 1.14 bits per heavy atom. The number of aromatic nitrogens is 2. The predicted octanol–water partition coefficient (Wildman–Crippen LogP) is 3.80. The Hall–Kier alpha value is -2.13. The number of hydrogen-bond acceptors (Lipinski definition) is 2. The van der Waals surface area contributed by atoms with Gasteiger partial charge in [-0.2, -0.15) is 5.10 Å². The molecular formula is C19H21N3. The molecule has 4 rings (SSSR count). The molecule has 1 aliphatic rings. The largest absolute Gasteiger partial charge is 0.316 e. The van der Waals surface area contributed by atoms with E-state index in [4.69, 9.17) is 5.10 Å². The quantitative estimate of drug-likeness (QED) is 0.778. The second-order valence-corrected chi connectivity index (χ2v) is 6.22. The number of aryl methyl sites for hydroxylation is 1. The van der Waals surface area contributed by atoms with Gasteiger partial charge in [0.05, 0.1) is 11.2 Å². The van der Waals surface area contributed by atoms with Crippen molar-refractivity contribution >= 4 is 10.9 Å². The minimum Gasteiger partial charge on any atom is -0.316 e. The summed E-state index contributed by atoms with van der Waals surface area (Å²) in [5, 5.41) is 9.41. The molecule has 1 aromatic heterocycles. The van der Waals surface area contributed by atoms with Crippen LogP contribution in [-0.4, -0.2) is 22.9 Å². The molecule has 3 heteroatoms. The first-order valence-corrected chi connectivity index (χ1v) is 8.07. The average molecular weight is 291 g/mol. The Balaban J connectivity index is 1.65. The second kappa shape index (κ2) is 5.58. The molecule has 1 N–H and O–H groups in total. The molecule has 3 nitrogen and oxygen atoms in total. The first-order valence-electron chi connectivity index (χ1n) is 8.07. The fourth-order valence-corrected chi connectivity index (χ4v) is 3.36. The van der Waals surface area contributed by atoms with Gasteiger partial charge in [-0.15, -0.1) is 0 Å². The number of benzene rings is 2. The maximum atomic E-state index is 4.73. The lowest BCUT2D eigenvalue weighted by molar-refractivity contribution is 0.461. The summed E-state index contributed by atoms with van der Waals surface area (Å²) in [6.07, 6.45) is 4.67. The van der Waals surface area contributed by atoms with E-state index in [1.54, 1.807) is 0 Å². The van der Waals surface area contributed by atoms with Crippen LogP contribution in [0.4, 0.5) is 0 Å². The van der Waals surface area contributed by atoms with E-state index in [0.29, 0.717) is 5.92 Å². The second-order valence-electron chi connectivity index (χ2n) is 6.22. The molecule has 0 bridgehead atoms. The first kappa shape index (κ1) is 13.5. The fourth-order valence-electron chi connectivity index (χ4n) is 3.36. The van der Waals surface area contributed by atoms with Crippen molar-refractivity contribution in [3.63, 3.8) is 0 Å². The minimum absolute atomic E-state index is 0.654. The van der Waals surface area contributed by atoms with Gasteiger partial charge in [-0.25, -0.2) is 4.68 Å². The van der Waals surface area contributed by atoms with E-state index in [0.717, 1.165) is 24.3 Å². The normalized spacial score (nSPS) is 18.7. The Kier molecular flexibility index (Phi) is 3.43. The highest BCUT2D eigenvalue weighted by molar-refractivity contribution is 5.81. The number of nitrogens with zero attached hydrogens (tertiary/aromatic N) is 2. The highest BCUT2D eigenvalue weighted by Crippen LogP contribution is 2.25. The molecule has 1 saturated heterocycles. The molecule has 2 aromatic carbocycles. The summed E-state index contributed by atoms with van der Waals surface area (Å²) in [4.78, 5) is 0. The molecule has 0 spiro atoms. The van der Waals surface area contributed by atoms with Crippen molar-refractivity contribution in [1.29, 1.82) is 0 Å². The zero-order chi connectivity index (χ0) is 14.9. The molecule has 1 fully saturated rings. The van der Waals surface area contributed by atoms with Crippen molar-refractivity contribution in [2.75, 3.05) is 13.1 Å². The van der Waals surface area contributed by atoms with E-state index in [-0.39, 0.29) is 0 Å². The van der Waals surface area contributed by atoms with Gasteiger partial charge in [0.15, 0.2) is 0 Å². The topological polar surface area (TPSA) is 29.9 Å². The third-order valence-electron chi connectivity index (χ3n) is 4.66. The van der Waals surface area contributed by atoms with Crippen LogP contribution < -0.4 is 5.32 Å². The smallest absolute Gasteiger partial charge is 0.0956 e. The van der Waals surface area contributed by atoms with Gasteiger partial charge in [0.1, 0.15) is 0 Å². The Morgan fingerprint density at radius 2 is 2.00 bits per heavy atom. The van der Waals surface area contributed by atoms with Gasteiger partial charge in [0.25, 0.3) is 0 Å². The Morgan fingerprint density at radius 3 is 2.73 bits per heavy atom. The zero-order valence-electron chi connectivity index (χ0n) is 12.9. The highest BCUT2D eigenvalue weighted by atomic mass is 15.3. The SMILES string of the molecule is Cc1cccc2cn(-c3ccc(C4CCCNC4)cc3)nc12. The van der Waals surface area contributed by atoms with Gasteiger partial charge >= 0.3 is 0 Å². The number of fused-ring (bicyclic) bond motifs is 1. The third kappa shape index (κ3) is 2.42. The standard InChI is InChI=1S/C19H21N3/c1-14-4-2-5-17-13-22(21-19(14)17)18-9-7-15(8-10-18)16-6-3-11-20-12-16/h2,4-5,7-10,13,16,20H,3,6,11-12H2,1H3. The van der Waals surface area contributed by atoms with Crippen molar-refractivity contribution in [3.05, 3.63) is 59.8 Å². The lowest BCUT2D eigenvalue weighted by Crippen LogP contribution is -2.28. The van der Waals surface area contributed by atoms with Crippen LogP contribution in [0.15, 0.2) is 48.7 Å². The summed E-state index contributed by atoms with van der Waals surface area (Å²) in [5.41, 5.74) is 4.87. The van der Waals surface area contributed by atoms with E-state index in [1.807, 2.05) is 4.68 Å². The number of hydrogen-bond donors (Lipinski definition) is 1. The van der Waals surface area contributed by atoms with E-state index in [2.05, 4.69) is 60.9 Å².